The number of benzene rings is 2. The van der Waals surface area contributed by atoms with E-state index in [1.54, 1.807) is 48.5 Å². The highest BCUT2D eigenvalue weighted by atomic mass is 79.9. The summed E-state index contributed by atoms with van der Waals surface area (Å²) in [7, 11) is 1.30. The van der Waals surface area contributed by atoms with Crippen molar-refractivity contribution in [2.45, 2.75) is 0 Å². The number of carbonyl (C=O) groups excluding carboxylic acids is 2. The van der Waals surface area contributed by atoms with Gasteiger partial charge in [0.1, 0.15) is 5.75 Å². The molecule has 2 aromatic carbocycles. The smallest absolute Gasteiger partial charge is 0.343 e. The molecule has 1 fully saturated rings. The third kappa shape index (κ3) is 4.75. The summed E-state index contributed by atoms with van der Waals surface area (Å²) in [6, 6.07) is 12.3. The number of nitrogens with zero attached hydrogens (tertiary/aromatic N) is 1. The van der Waals surface area contributed by atoms with Gasteiger partial charge in [-0.15, -0.1) is 0 Å². The highest BCUT2D eigenvalue weighted by Crippen LogP contribution is 2.37. The molecule has 1 heterocycles. The quantitative estimate of drug-likeness (QED) is 0.326. The molecule has 0 radical (unpaired) electrons. The molecule has 1 amide bonds. The maximum Gasteiger partial charge on any atom is 0.343 e. The molecule has 5 nitrogen and oxygen atoms in total. The van der Waals surface area contributed by atoms with E-state index >= 15 is 0 Å². The van der Waals surface area contributed by atoms with Crippen LogP contribution in [0.2, 0.25) is 5.02 Å². The van der Waals surface area contributed by atoms with Crippen molar-refractivity contribution in [3.05, 3.63) is 62.4 Å². The first-order chi connectivity index (χ1) is 13.4. The van der Waals surface area contributed by atoms with Gasteiger partial charge in [0.15, 0.2) is 10.9 Å². The second-order valence-electron chi connectivity index (χ2n) is 5.55. The molecule has 1 aliphatic heterocycles. The molecule has 1 saturated heterocycles. The van der Waals surface area contributed by atoms with Gasteiger partial charge >= 0.3 is 5.97 Å². The van der Waals surface area contributed by atoms with Crippen molar-refractivity contribution < 1.29 is 19.1 Å². The van der Waals surface area contributed by atoms with Gasteiger partial charge in [-0.05, 0) is 57.9 Å². The first-order valence-electron chi connectivity index (χ1n) is 7.91. The Kier molecular flexibility index (Phi) is 6.77. The van der Waals surface area contributed by atoms with Gasteiger partial charge in [-0.3, -0.25) is 9.69 Å². The van der Waals surface area contributed by atoms with Crippen molar-refractivity contribution in [1.29, 1.82) is 0 Å². The van der Waals surface area contributed by atoms with Gasteiger partial charge in [-0.1, -0.05) is 47.7 Å². The second-order valence-corrected chi connectivity index (χ2v) is 8.52. The third-order valence-electron chi connectivity index (χ3n) is 3.69. The molecule has 3 rings (SSSR count). The van der Waals surface area contributed by atoms with Crippen molar-refractivity contribution in [3.8, 4) is 5.75 Å². The largest absolute Gasteiger partial charge is 0.481 e. The van der Waals surface area contributed by atoms with E-state index in [1.165, 1.54) is 23.8 Å². The molecule has 1 aliphatic rings. The summed E-state index contributed by atoms with van der Waals surface area (Å²) in [5.41, 5.74) is 1.41. The van der Waals surface area contributed by atoms with Crippen LogP contribution in [0.3, 0.4) is 0 Å². The molecule has 0 saturated carbocycles. The summed E-state index contributed by atoms with van der Waals surface area (Å²) in [4.78, 5) is 26.0. The topological polar surface area (TPSA) is 55.8 Å². The number of amides is 1. The van der Waals surface area contributed by atoms with Gasteiger partial charge in [-0.2, -0.15) is 0 Å². The standard InChI is InChI=1S/C19H13BrClNO4S2/c1-25-17(23)10-26-15-6-5-11(7-14(15)20)8-16-18(24)22(19(27)28-16)13-4-2-3-12(21)9-13/h2-9H,10H2,1H3/b16-8-. The molecule has 0 aliphatic carbocycles. The Balaban J connectivity index is 1.80. The van der Waals surface area contributed by atoms with Crippen molar-refractivity contribution in [1.82, 2.24) is 0 Å². The highest BCUT2D eigenvalue weighted by Gasteiger charge is 2.33. The van der Waals surface area contributed by atoms with E-state index in [4.69, 9.17) is 28.6 Å². The molecular formula is C19H13BrClNO4S2. The van der Waals surface area contributed by atoms with Crippen LogP contribution in [0.1, 0.15) is 5.56 Å². The minimum atomic E-state index is -0.472. The van der Waals surface area contributed by atoms with Crippen LogP contribution in [0.4, 0.5) is 5.69 Å². The van der Waals surface area contributed by atoms with Gasteiger partial charge in [0.05, 0.1) is 22.2 Å². The summed E-state index contributed by atoms with van der Waals surface area (Å²) < 4.78 is 11.0. The number of methoxy groups -OCH3 is 1. The molecule has 0 N–H and O–H groups in total. The zero-order valence-corrected chi connectivity index (χ0v) is 18.5. The van der Waals surface area contributed by atoms with Crippen LogP contribution < -0.4 is 9.64 Å². The summed E-state index contributed by atoms with van der Waals surface area (Å²) in [6.45, 7) is -0.188. The first kappa shape index (κ1) is 20.9. The van der Waals surface area contributed by atoms with Crippen LogP contribution in [-0.2, 0) is 14.3 Å². The van der Waals surface area contributed by atoms with Gasteiger partial charge < -0.3 is 9.47 Å². The molecule has 9 heteroatoms. The van der Waals surface area contributed by atoms with Gasteiger partial charge in [-0.25, -0.2) is 4.79 Å². The molecule has 0 aromatic heterocycles. The molecule has 144 valence electrons. The zero-order chi connectivity index (χ0) is 20.3. The van der Waals surface area contributed by atoms with Crippen molar-refractivity contribution in [2.75, 3.05) is 18.6 Å². The fourth-order valence-electron chi connectivity index (χ4n) is 2.38. The van der Waals surface area contributed by atoms with Gasteiger partial charge in [0, 0.05) is 5.02 Å². The number of carbonyl (C=O) groups is 2. The average Bonchev–Trinajstić information content (AvgIpc) is 2.94. The lowest BCUT2D eigenvalue weighted by molar-refractivity contribution is -0.142. The number of hydrogen-bond donors (Lipinski definition) is 0. The van der Waals surface area contributed by atoms with Crippen LogP contribution in [0.25, 0.3) is 6.08 Å². The fraction of sp³-hybridized carbons (Fsp3) is 0.105. The van der Waals surface area contributed by atoms with Crippen molar-refractivity contribution >= 4 is 79.5 Å². The molecule has 0 unspecified atom stereocenters. The SMILES string of the molecule is COC(=O)COc1ccc(/C=C2\SC(=S)N(c3cccc(Cl)c3)C2=O)cc1Br. The Labute approximate surface area is 184 Å². The number of esters is 1. The Morgan fingerprint density at radius 2 is 2.11 bits per heavy atom. The number of halogens is 2. The normalized spacial score (nSPS) is 15.2. The third-order valence-corrected chi connectivity index (χ3v) is 5.84. The van der Waals surface area contributed by atoms with Crippen LogP contribution in [-0.4, -0.2) is 29.9 Å². The molecule has 2 aromatic rings. The number of rotatable bonds is 5. The minimum absolute atomic E-state index is 0.188. The monoisotopic (exact) mass is 497 g/mol. The maximum atomic E-state index is 12.8. The highest BCUT2D eigenvalue weighted by molar-refractivity contribution is 9.10. The van der Waals surface area contributed by atoms with E-state index in [9.17, 15) is 9.59 Å². The lowest BCUT2D eigenvalue weighted by Crippen LogP contribution is -2.27. The van der Waals surface area contributed by atoms with Gasteiger partial charge in [0.2, 0.25) is 0 Å². The van der Waals surface area contributed by atoms with Crippen LogP contribution in [0.5, 0.6) is 5.75 Å². The Morgan fingerprint density at radius 1 is 1.32 bits per heavy atom. The van der Waals surface area contributed by atoms with Crippen molar-refractivity contribution in [2.24, 2.45) is 0 Å². The summed E-state index contributed by atoms with van der Waals surface area (Å²) in [5, 5.41) is 0.530. The van der Waals surface area contributed by atoms with E-state index in [2.05, 4.69) is 20.7 Å². The minimum Gasteiger partial charge on any atom is -0.481 e. The number of anilines is 1. The van der Waals surface area contributed by atoms with E-state index < -0.39 is 5.97 Å². The number of thioether (sulfide) groups is 1. The Morgan fingerprint density at radius 3 is 2.79 bits per heavy atom. The fourth-order valence-corrected chi connectivity index (χ4v) is 4.37. The summed E-state index contributed by atoms with van der Waals surface area (Å²) in [5.74, 6) is -0.186. The summed E-state index contributed by atoms with van der Waals surface area (Å²) >= 11 is 16.0. The van der Waals surface area contributed by atoms with Crippen LogP contribution >= 0.6 is 51.5 Å². The first-order valence-corrected chi connectivity index (χ1v) is 10.3. The molecule has 0 spiro atoms. The lowest BCUT2D eigenvalue weighted by atomic mass is 10.2. The predicted octanol–water partition coefficient (Wildman–Crippen LogP) is 5.06. The summed E-state index contributed by atoms with van der Waals surface area (Å²) in [6.07, 6.45) is 1.75. The molecular weight excluding hydrogens is 486 g/mol. The Bertz CT molecular complexity index is 996. The van der Waals surface area contributed by atoms with E-state index in [-0.39, 0.29) is 12.5 Å². The zero-order valence-electron chi connectivity index (χ0n) is 14.5. The van der Waals surface area contributed by atoms with Crippen molar-refractivity contribution in [3.63, 3.8) is 0 Å². The Hall–Kier alpha value is -1.87. The van der Waals surface area contributed by atoms with Crippen LogP contribution in [0, 0.1) is 0 Å². The average molecular weight is 499 g/mol. The van der Waals surface area contributed by atoms with E-state index in [0.717, 1.165) is 5.56 Å². The van der Waals surface area contributed by atoms with Gasteiger partial charge in [0.25, 0.3) is 5.91 Å². The number of ether oxygens (including phenoxy) is 2. The predicted molar refractivity (Wildman–Crippen MR) is 119 cm³/mol. The molecule has 28 heavy (non-hydrogen) atoms. The second kappa shape index (κ2) is 9.09. The molecule has 0 atom stereocenters. The lowest BCUT2D eigenvalue weighted by Gasteiger charge is -2.14. The van der Waals surface area contributed by atoms with E-state index in [1.807, 2.05) is 0 Å². The maximum absolute atomic E-state index is 12.8. The number of hydrogen-bond acceptors (Lipinski definition) is 6. The van der Waals surface area contributed by atoms with E-state index in [0.29, 0.717) is 30.2 Å². The molecule has 0 bridgehead atoms. The van der Waals surface area contributed by atoms with Crippen LogP contribution in [0.15, 0.2) is 51.8 Å². The number of thiocarbonyl (C=S) groups is 1.